The average molecular weight is 356 g/mol. The van der Waals surface area contributed by atoms with Crippen molar-refractivity contribution in [3.05, 3.63) is 59.6 Å². The van der Waals surface area contributed by atoms with Crippen molar-refractivity contribution in [3.63, 3.8) is 0 Å². The minimum atomic E-state index is -0.307. The summed E-state index contributed by atoms with van der Waals surface area (Å²) in [7, 11) is 0. The van der Waals surface area contributed by atoms with Crippen LogP contribution >= 0.6 is 11.3 Å². The number of furan rings is 1. The van der Waals surface area contributed by atoms with Gasteiger partial charge in [0.25, 0.3) is 5.91 Å². The van der Waals surface area contributed by atoms with E-state index in [1.807, 2.05) is 23.6 Å². The van der Waals surface area contributed by atoms with E-state index in [9.17, 15) is 9.59 Å². The lowest BCUT2D eigenvalue weighted by atomic mass is 10.3. The van der Waals surface area contributed by atoms with Gasteiger partial charge in [-0.15, -0.1) is 11.3 Å². The number of hydrogen-bond acceptors (Lipinski definition) is 6. The van der Waals surface area contributed by atoms with Crippen LogP contribution in [-0.2, 0) is 11.2 Å². The van der Waals surface area contributed by atoms with Crippen LogP contribution in [0.4, 0.5) is 0 Å². The van der Waals surface area contributed by atoms with Gasteiger partial charge in [-0.1, -0.05) is 6.07 Å². The van der Waals surface area contributed by atoms with Gasteiger partial charge in [0.15, 0.2) is 5.76 Å². The quantitative estimate of drug-likeness (QED) is 0.630. The maximum absolute atomic E-state index is 11.9. The van der Waals surface area contributed by atoms with E-state index >= 15 is 0 Å². The van der Waals surface area contributed by atoms with Gasteiger partial charge in [0, 0.05) is 24.7 Å². The molecule has 0 atom stereocenters. The summed E-state index contributed by atoms with van der Waals surface area (Å²) in [6.07, 6.45) is 3.33. The third-order valence-electron chi connectivity index (χ3n) is 3.26. The number of amides is 2. The summed E-state index contributed by atoms with van der Waals surface area (Å²) in [6, 6.07) is 8.84. The lowest BCUT2D eigenvalue weighted by Gasteiger charge is -2.05. The SMILES string of the molecule is O=C(Cc1csc(-c2ccccn2)n1)NCCNC(=O)c1ccco1. The molecule has 8 heteroatoms. The van der Waals surface area contributed by atoms with Gasteiger partial charge < -0.3 is 15.1 Å². The average Bonchev–Trinajstić information content (AvgIpc) is 3.31. The maximum Gasteiger partial charge on any atom is 0.287 e. The normalized spacial score (nSPS) is 10.4. The van der Waals surface area contributed by atoms with Gasteiger partial charge in [-0.25, -0.2) is 4.98 Å². The van der Waals surface area contributed by atoms with Gasteiger partial charge in [0.2, 0.25) is 5.91 Å². The first-order valence-electron chi connectivity index (χ1n) is 7.66. The highest BCUT2D eigenvalue weighted by molar-refractivity contribution is 7.13. The second-order valence-corrected chi connectivity index (χ2v) is 5.98. The zero-order valence-electron chi connectivity index (χ0n) is 13.3. The molecule has 0 aromatic carbocycles. The molecule has 0 aliphatic heterocycles. The summed E-state index contributed by atoms with van der Waals surface area (Å²) >= 11 is 1.45. The number of carbonyl (C=O) groups excluding carboxylic acids is 2. The molecule has 0 saturated carbocycles. The maximum atomic E-state index is 11.9. The Morgan fingerprint density at radius 2 is 2.00 bits per heavy atom. The summed E-state index contributed by atoms with van der Waals surface area (Å²) in [6.45, 7) is 0.657. The molecule has 0 bridgehead atoms. The van der Waals surface area contributed by atoms with Crippen LogP contribution in [0.1, 0.15) is 16.2 Å². The molecule has 0 unspecified atom stereocenters. The third-order valence-corrected chi connectivity index (χ3v) is 4.17. The minimum absolute atomic E-state index is 0.148. The summed E-state index contributed by atoms with van der Waals surface area (Å²) in [4.78, 5) is 32.2. The Kier molecular flexibility index (Phi) is 5.53. The van der Waals surface area contributed by atoms with Gasteiger partial charge in [0.1, 0.15) is 5.01 Å². The second-order valence-electron chi connectivity index (χ2n) is 5.12. The predicted octanol–water partition coefficient (Wildman–Crippen LogP) is 1.89. The second kappa shape index (κ2) is 8.20. The first kappa shape index (κ1) is 16.8. The summed E-state index contributed by atoms with van der Waals surface area (Å²) in [5, 5.41) is 8.04. The number of carbonyl (C=O) groups is 2. The van der Waals surface area contributed by atoms with Crippen LogP contribution in [0.3, 0.4) is 0 Å². The monoisotopic (exact) mass is 356 g/mol. The van der Waals surface area contributed by atoms with Gasteiger partial charge in [0.05, 0.1) is 24.1 Å². The smallest absolute Gasteiger partial charge is 0.287 e. The molecule has 128 valence electrons. The van der Waals surface area contributed by atoms with E-state index in [2.05, 4.69) is 20.6 Å². The number of rotatable bonds is 7. The van der Waals surface area contributed by atoms with Gasteiger partial charge in [-0.3, -0.25) is 14.6 Å². The largest absolute Gasteiger partial charge is 0.459 e. The molecule has 3 rings (SSSR count). The Bertz CT molecular complexity index is 831. The molecule has 3 aromatic heterocycles. The number of hydrogen-bond donors (Lipinski definition) is 2. The van der Waals surface area contributed by atoms with E-state index in [0.717, 1.165) is 10.7 Å². The molecule has 3 aromatic rings. The van der Waals surface area contributed by atoms with Crippen LogP contribution in [0.5, 0.6) is 0 Å². The lowest BCUT2D eigenvalue weighted by Crippen LogP contribution is -2.35. The van der Waals surface area contributed by atoms with E-state index in [1.54, 1.807) is 18.3 Å². The number of pyridine rings is 1. The zero-order valence-corrected chi connectivity index (χ0v) is 14.1. The van der Waals surface area contributed by atoms with Crippen LogP contribution in [0, 0.1) is 0 Å². The van der Waals surface area contributed by atoms with Crippen LogP contribution < -0.4 is 10.6 Å². The van der Waals surface area contributed by atoms with Crippen molar-refractivity contribution in [1.29, 1.82) is 0 Å². The first-order chi connectivity index (χ1) is 12.2. The van der Waals surface area contributed by atoms with Crippen molar-refractivity contribution in [2.75, 3.05) is 13.1 Å². The van der Waals surface area contributed by atoms with Gasteiger partial charge in [-0.2, -0.15) is 0 Å². The van der Waals surface area contributed by atoms with Gasteiger partial charge >= 0.3 is 0 Å². The van der Waals surface area contributed by atoms with Gasteiger partial charge in [-0.05, 0) is 24.3 Å². The molecule has 2 amide bonds. The van der Waals surface area contributed by atoms with Crippen molar-refractivity contribution in [2.24, 2.45) is 0 Å². The summed E-state index contributed by atoms with van der Waals surface area (Å²) in [5.74, 6) is -0.209. The van der Waals surface area contributed by atoms with Crippen molar-refractivity contribution in [2.45, 2.75) is 6.42 Å². The molecule has 3 heterocycles. The van der Waals surface area contributed by atoms with Crippen LogP contribution in [0.2, 0.25) is 0 Å². The Morgan fingerprint density at radius 1 is 1.12 bits per heavy atom. The third kappa shape index (κ3) is 4.74. The van der Waals surface area contributed by atoms with Crippen molar-refractivity contribution in [3.8, 4) is 10.7 Å². The Hall–Kier alpha value is -3.00. The van der Waals surface area contributed by atoms with Crippen LogP contribution in [-0.4, -0.2) is 34.9 Å². The van der Waals surface area contributed by atoms with Crippen LogP contribution in [0.25, 0.3) is 10.7 Å². The Morgan fingerprint density at radius 3 is 2.76 bits per heavy atom. The highest BCUT2D eigenvalue weighted by Crippen LogP contribution is 2.21. The minimum Gasteiger partial charge on any atom is -0.459 e. The lowest BCUT2D eigenvalue weighted by molar-refractivity contribution is -0.120. The molecule has 25 heavy (non-hydrogen) atoms. The Balaban J connectivity index is 1.41. The van der Waals surface area contributed by atoms with Crippen molar-refractivity contribution in [1.82, 2.24) is 20.6 Å². The molecule has 2 N–H and O–H groups in total. The molecular formula is C17H16N4O3S. The predicted molar refractivity (Wildman–Crippen MR) is 93.1 cm³/mol. The molecule has 7 nitrogen and oxygen atoms in total. The van der Waals surface area contributed by atoms with E-state index in [1.165, 1.54) is 17.6 Å². The summed E-state index contributed by atoms with van der Waals surface area (Å²) in [5.41, 5.74) is 1.49. The first-order valence-corrected chi connectivity index (χ1v) is 8.54. The molecule has 0 saturated heterocycles. The standard InChI is InChI=1S/C17H16N4O3S/c22-15(19-7-8-20-16(23)14-5-3-9-24-14)10-12-11-25-17(21-12)13-4-1-2-6-18-13/h1-6,9,11H,7-8,10H2,(H,19,22)(H,20,23). The van der Waals surface area contributed by atoms with E-state index in [-0.39, 0.29) is 24.0 Å². The molecular weight excluding hydrogens is 340 g/mol. The molecule has 0 fully saturated rings. The highest BCUT2D eigenvalue weighted by atomic mass is 32.1. The molecule has 0 spiro atoms. The number of thiazole rings is 1. The van der Waals surface area contributed by atoms with E-state index < -0.39 is 0 Å². The van der Waals surface area contributed by atoms with E-state index in [0.29, 0.717) is 18.8 Å². The molecule has 0 radical (unpaired) electrons. The number of nitrogens with zero attached hydrogens (tertiary/aromatic N) is 2. The number of nitrogens with one attached hydrogen (secondary N) is 2. The fraction of sp³-hybridized carbons (Fsp3) is 0.176. The van der Waals surface area contributed by atoms with Crippen molar-refractivity contribution < 1.29 is 14.0 Å². The van der Waals surface area contributed by atoms with Crippen molar-refractivity contribution >= 4 is 23.2 Å². The van der Waals surface area contributed by atoms with Crippen LogP contribution in [0.15, 0.2) is 52.6 Å². The highest BCUT2D eigenvalue weighted by Gasteiger charge is 2.10. The zero-order chi connectivity index (χ0) is 17.5. The fourth-order valence-electron chi connectivity index (χ4n) is 2.09. The fourth-order valence-corrected chi connectivity index (χ4v) is 2.89. The Labute approximate surface area is 148 Å². The molecule has 0 aliphatic carbocycles. The van der Waals surface area contributed by atoms with E-state index in [4.69, 9.17) is 4.42 Å². The number of aromatic nitrogens is 2. The summed E-state index contributed by atoms with van der Waals surface area (Å²) < 4.78 is 4.98. The molecule has 0 aliphatic rings. The topological polar surface area (TPSA) is 97.1 Å².